The number of benzene rings is 2. The zero-order valence-electron chi connectivity index (χ0n) is 41.6. The molecule has 18 nitrogen and oxygen atoms in total. The van der Waals surface area contributed by atoms with Crippen LogP contribution in [-0.4, -0.2) is 135 Å². The number of thiazole rings is 1. The van der Waals surface area contributed by atoms with E-state index in [0.717, 1.165) is 27.3 Å². The maximum atomic E-state index is 14.2. The number of aliphatic hydroxyl groups excluding tert-OH is 1. The molecular formula is C51H70ClN9O9S. The van der Waals surface area contributed by atoms with Gasteiger partial charge in [-0.15, -0.1) is 11.3 Å². The molecule has 3 saturated heterocycles. The van der Waals surface area contributed by atoms with Crippen LogP contribution in [0.25, 0.3) is 10.4 Å². The van der Waals surface area contributed by atoms with Crippen molar-refractivity contribution < 1.29 is 43.4 Å². The van der Waals surface area contributed by atoms with Gasteiger partial charge in [0.2, 0.25) is 41.4 Å². The first-order valence-corrected chi connectivity index (χ1v) is 25.8. The van der Waals surface area contributed by atoms with E-state index in [1.54, 1.807) is 38.8 Å². The molecule has 386 valence electrons. The number of aliphatic hydroxyl groups is 1. The zero-order valence-corrected chi connectivity index (χ0v) is 43.2. The minimum absolute atomic E-state index is 0.0218. The van der Waals surface area contributed by atoms with E-state index in [4.69, 9.17) is 27.8 Å². The number of rotatable bonds is 19. The predicted octanol–water partition coefficient (Wildman–Crippen LogP) is 3.92. The number of nitrogens with zero attached hydrogens (tertiary/aromatic N) is 4. The molecule has 3 aromatic rings. The smallest absolute Gasteiger partial charge is 0.246 e. The van der Waals surface area contributed by atoms with E-state index in [0.29, 0.717) is 55.8 Å². The quantitative estimate of drug-likeness (QED) is 0.0938. The number of halogens is 1. The molecule has 0 aliphatic carbocycles. The van der Waals surface area contributed by atoms with Gasteiger partial charge in [0.05, 0.1) is 39.3 Å². The predicted molar refractivity (Wildman–Crippen MR) is 270 cm³/mol. The summed E-state index contributed by atoms with van der Waals surface area (Å²) < 4.78 is 6.14. The highest BCUT2D eigenvalue weighted by Gasteiger charge is 2.46. The standard InChI is InChI=1S/C51H70ClN9O9S/c1-29(32-14-16-34(17-15-32)45-30(2)55-28-71-45)56-48(67)40-24-37(63)25-60(40)50(69)46(51(4,5)6)58-43(65)13-8-7-10-33-11-9-12-41(44(33)52)70-27-35(18-21-42(54)64)57-47(66)39-20-19-36-22-23-59(31(3)62)26-38(53)49(68)61(36)39/h9,11-12,14-17,28-29,35-40,46,63H,7-8,10,13,18-27,53H2,1-6H3,(H2,54,64)(H,56,67)(H,57,66)(H,58,65)/t29-,35-,36+,37+,38-,39-,40-,46+/m0/s1. The van der Waals surface area contributed by atoms with E-state index in [-0.39, 0.29) is 81.1 Å². The molecule has 3 aliphatic heterocycles. The lowest BCUT2D eigenvalue weighted by molar-refractivity contribution is -0.144. The molecule has 0 unspecified atom stereocenters. The second-order valence-electron chi connectivity index (χ2n) is 20.2. The number of hydrogen-bond acceptors (Lipinski definition) is 12. The average Bonchev–Trinajstić information content (AvgIpc) is 4.06. The highest BCUT2D eigenvalue weighted by molar-refractivity contribution is 7.13. The van der Waals surface area contributed by atoms with Crippen molar-refractivity contribution in [3.63, 3.8) is 0 Å². The lowest BCUT2D eigenvalue weighted by Gasteiger charge is -2.37. The maximum Gasteiger partial charge on any atom is 0.246 e. The van der Waals surface area contributed by atoms with Crippen LogP contribution in [0.3, 0.4) is 0 Å². The van der Waals surface area contributed by atoms with Gasteiger partial charge < -0.3 is 52.0 Å². The van der Waals surface area contributed by atoms with Crippen molar-refractivity contribution in [1.29, 1.82) is 0 Å². The largest absolute Gasteiger partial charge is 0.490 e. The zero-order chi connectivity index (χ0) is 51.7. The van der Waals surface area contributed by atoms with Crippen molar-refractivity contribution in [2.45, 2.75) is 154 Å². The lowest BCUT2D eigenvalue weighted by Crippen LogP contribution is -2.59. The SMILES string of the molecule is CC(=O)N1CC[C@H]2CC[C@@H](C(=O)N[C@@H](CCC(N)=O)COc3cccc(CCCCC(=O)N[C@H](C(=O)N4C[C@H](O)C[C@H]4C(=O)N[C@@H](C)c4ccc(-c5scnc5C)cc4)C(C)(C)C)c3Cl)N2C(=O)[C@@H](N)C1. The number of ether oxygens (including phenoxy) is 1. The number of unbranched alkanes of at least 4 members (excludes halogenated alkanes) is 1. The third-order valence-electron chi connectivity index (χ3n) is 13.7. The van der Waals surface area contributed by atoms with E-state index in [1.165, 1.54) is 11.8 Å². The molecule has 6 rings (SSSR count). The maximum absolute atomic E-state index is 14.2. The Kier molecular flexibility index (Phi) is 18.6. The minimum atomic E-state index is -0.968. The Hall–Kier alpha value is -5.63. The van der Waals surface area contributed by atoms with Gasteiger partial charge >= 0.3 is 0 Å². The molecule has 0 saturated carbocycles. The number of carbonyl (C=O) groups is 7. The average molecular weight is 1020 g/mol. The third-order valence-corrected chi connectivity index (χ3v) is 15.1. The Morgan fingerprint density at radius 2 is 1.68 bits per heavy atom. The van der Waals surface area contributed by atoms with Gasteiger partial charge in [-0.3, -0.25) is 33.6 Å². The summed E-state index contributed by atoms with van der Waals surface area (Å²) >= 11 is 8.41. The first-order valence-electron chi connectivity index (χ1n) is 24.5. The fourth-order valence-corrected chi connectivity index (χ4v) is 10.7. The summed E-state index contributed by atoms with van der Waals surface area (Å²) in [5.74, 6) is -2.30. The van der Waals surface area contributed by atoms with Gasteiger partial charge in [0.15, 0.2) is 0 Å². The normalized spacial score (nSPS) is 21.6. The lowest BCUT2D eigenvalue weighted by atomic mass is 9.85. The van der Waals surface area contributed by atoms with Crippen LogP contribution in [0.4, 0.5) is 0 Å². The molecule has 20 heteroatoms. The summed E-state index contributed by atoms with van der Waals surface area (Å²) in [6.45, 7) is 11.2. The van der Waals surface area contributed by atoms with Crippen molar-refractivity contribution in [2.75, 3.05) is 26.2 Å². The second-order valence-corrected chi connectivity index (χ2v) is 21.4. The van der Waals surface area contributed by atoms with Crippen LogP contribution in [0.2, 0.25) is 5.02 Å². The third kappa shape index (κ3) is 14.1. The van der Waals surface area contributed by atoms with Gasteiger partial charge in [-0.2, -0.15) is 0 Å². The van der Waals surface area contributed by atoms with Gasteiger partial charge in [-0.1, -0.05) is 68.8 Å². The summed E-state index contributed by atoms with van der Waals surface area (Å²) in [6, 6.07) is 8.31. The molecule has 7 amide bonds. The summed E-state index contributed by atoms with van der Waals surface area (Å²) in [4.78, 5) is 102. The Balaban J connectivity index is 0.999. The van der Waals surface area contributed by atoms with Crippen molar-refractivity contribution in [2.24, 2.45) is 16.9 Å². The van der Waals surface area contributed by atoms with Crippen LogP contribution in [-0.2, 0) is 40.0 Å². The first-order chi connectivity index (χ1) is 33.6. The van der Waals surface area contributed by atoms with Crippen LogP contribution in [0.5, 0.6) is 5.75 Å². The van der Waals surface area contributed by atoms with Crippen molar-refractivity contribution >= 4 is 64.3 Å². The Bertz CT molecular complexity index is 2410. The number of nitrogens with one attached hydrogen (secondary N) is 3. The van der Waals surface area contributed by atoms with E-state index in [1.807, 2.05) is 65.0 Å². The number of aryl methyl sites for hydroxylation is 2. The monoisotopic (exact) mass is 1020 g/mol. The number of aromatic nitrogens is 1. The molecular weight excluding hydrogens is 950 g/mol. The second kappa shape index (κ2) is 24.2. The molecule has 8 N–H and O–H groups in total. The van der Waals surface area contributed by atoms with Crippen LogP contribution >= 0.6 is 22.9 Å². The van der Waals surface area contributed by atoms with Crippen LogP contribution in [0.15, 0.2) is 48.0 Å². The van der Waals surface area contributed by atoms with Crippen LogP contribution in [0, 0.1) is 12.3 Å². The first kappa shape index (κ1) is 54.7. The minimum Gasteiger partial charge on any atom is -0.490 e. The van der Waals surface area contributed by atoms with Crippen molar-refractivity contribution in [3.8, 4) is 16.2 Å². The molecule has 1 aromatic heterocycles. The Morgan fingerprint density at radius 1 is 0.958 bits per heavy atom. The van der Waals surface area contributed by atoms with Crippen LogP contribution in [0.1, 0.15) is 115 Å². The Morgan fingerprint density at radius 3 is 2.34 bits per heavy atom. The van der Waals surface area contributed by atoms with Crippen molar-refractivity contribution in [1.82, 2.24) is 35.6 Å². The molecule has 71 heavy (non-hydrogen) atoms. The fourth-order valence-electron chi connectivity index (χ4n) is 9.66. The molecule has 8 atom stereocenters. The van der Waals surface area contributed by atoms with Crippen LogP contribution < -0.4 is 32.2 Å². The highest BCUT2D eigenvalue weighted by Crippen LogP contribution is 2.33. The fraction of sp³-hybridized carbons (Fsp3) is 0.569. The number of amides is 7. The number of nitrogens with two attached hydrogens (primary N) is 2. The van der Waals surface area contributed by atoms with Gasteiger partial charge in [-0.05, 0) is 87.0 Å². The summed E-state index contributed by atoms with van der Waals surface area (Å²) in [6.07, 6.45) is 2.51. The van der Waals surface area contributed by atoms with Crippen molar-refractivity contribution in [3.05, 3.63) is 69.8 Å². The molecule has 3 fully saturated rings. The van der Waals surface area contributed by atoms with E-state index in [2.05, 4.69) is 20.9 Å². The molecule has 2 aromatic carbocycles. The summed E-state index contributed by atoms with van der Waals surface area (Å²) in [7, 11) is 0. The summed E-state index contributed by atoms with van der Waals surface area (Å²) in [5.41, 5.74) is 16.4. The van der Waals surface area contributed by atoms with Gasteiger partial charge in [0, 0.05) is 51.9 Å². The number of hydrogen-bond donors (Lipinski definition) is 6. The van der Waals surface area contributed by atoms with E-state index >= 15 is 0 Å². The number of β-amino-alcohol motifs (C(OH)–C–C–N with tert-alkyl or cyclic N) is 1. The molecule has 0 radical (unpaired) electrons. The molecule has 4 heterocycles. The number of primary amides is 1. The summed E-state index contributed by atoms with van der Waals surface area (Å²) in [5, 5.41) is 20.0. The molecule has 3 aliphatic rings. The topological polar surface area (TPSA) is 260 Å². The van der Waals surface area contributed by atoms with E-state index in [9.17, 15) is 38.7 Å². The number of carbonyl (C=O) groups excluding carboxylic acids is 7. The van der Waals surface area contributed by atoms with Gasteiger partial charge in [-0.25, -0.2) is 4.98 Å². The number of likely N-dealkylation sites (tertiary alicyclic amines) is 1. The molecule has 0 bridgehead atoms. The number of fused-ring (bicyclic) bond motifs is 1. The molecule has 0 spiro atoms. The van der Waals surface area contributed by atoms with Gasteiger partial charge in [0.1, 0.15) is 36.5 Å². The highest BCUT2D eigenvalue weighted by atomic mass is 35.5. The van der Waals surface area contributed by atoms with E-state index < -0.39 is 59.4 Å². The Labute approximate surface area is 424 Å². The van der Waals surface area contributed by atoms with Gasteiger partial charge in [0.25, 0.3) is 0 Å².